The van der Waals surface area contributed by atoms with Crippen molar-refractivity contribution >= 4 is 16.7 Å². The predicted molar refractivity (Wildman–Crippen MR) is 79.6 cm³/mol. The number of hydrogen-bond acceptors (Lipinski definition) is 2. The summed E-state index contributed by atoms with van der Waals surface area (Å²) in [6.07, 6.45) is 2.65. The number of benzene rings is 2. The average Bonchev–Trinajstić information content (AvgIpc) is 2.48. The van der Waals surface area contributed by atoms with Gasteiger partial charge in [0.05, 0.1) is 0 Å². The van der Waals surface area contributed by atoms with Crippen LogP contribution in [0.2, 0.25) is 0 Å². The molecule has 1 aliphatic rings. The highest BCUT2D eigenvalue weighted by molar-refractivity contribution is 5.87. The van der Waals surface area contributed by atoms with Crippen LogP contribution in [0.4, 0.5) is 0 Å². The van der Waals surface area contributed by atoms with Crippen molar-refractivity contribution in [3.05, 3.63) is 59.7 Å². The van der Waals surface area contributed by atoms with Crippen LogP contribution in [0, 0.1) is 0 Å². The van der Waals surface area contributed by atoms with Gasteiger partial charge in [0, 0.05) is 25.2 Å². The lowest BCUT2D eigenvalue weighted by molar-refractivity contribution is -0.133. The highest BCUT2D eigenvalue weighted by atomic mass is 16.4. The topological polar surface area (TPSA) is 40.5 Å². The Bertz CT molecular complexity index is 670. The molecule has 0 saturated heterocycles. The highest BCUT2D eigenvalue weighted by Gasteiger charge is 2.17. The number of aliphatic carboxylic acids is 1. The van der Waals surface area contributed by atoms with Crippen LogP contribution < -0.4 is 0 Å². The Labute approximate surface area is 118 Å². The fraction of sp³-hybridized carbons (Fsp3) is 0.235. The summed E-state index contributed by atoms with van der Waals surface area (Å²) in [5, 5.41) is 11.6. The van der Waals surface area contributed by atoms with Gasteiger partial charge in [0.1, 0.15) is 0 Å². The molecule has 2 aromatic rings. The van der Waals surface area contributed by atoms with E-state index in [1.165, 1.54) is 16.3 Å². The number of nitrogens with zero attached hydrogens (tertiary/aromatic N) is 1. The first-order valence-electron chi connectivity index (χ1n) is 6.85. The Kier molecular flexibility index (Phi) is 3.52. The normalized spacial score (nSPS) is 16.1. The summed E-state index contributed by atoms with van der Waals surface area (Å²) < 4.78 is 0. The standard InChI is InChI=1S/C17H17NO2/c19-17(20)15-8-4-10-18(12-15)11-14-7-3-6-13-5-1-2-9-16(13)14/h1-3,5-9H,4,10-12H2,(H,19,20). The van der Waals surface area contributed by atoms with Crippen molar-refractivity contribution in [2.75, 3.05) is 13.1 Å². The molecule has 102 valence electrons. The molecular weight excluding hydrogens is 250 g/mol. The van der Waals surface area contributed by atoms with Crippen LogP contribution in [0.5, 0.6) is 0 Å². The molecule has 0 aliphatic carbocycles. The number of fused-ring (bicyclic) bond motifs is 1. The summed E-state index contributed by atoms with van der Waals surface area (Å²) in [4.78, 5) is 13.3. The molecule has 1 aliphatic heterocycles. The minimum Gasteiger partial charge on any atom is -0.478 e. The van der Waals surface area contributed by atoms with Gasteiger partial charge in [-0.25, -0.2) is 4.79 Å². The second-order valence-corrected chi connectivity index (χ2v) is 5.17. The zero-order valence-electron chi connectivity index (χ0n) is 11.2. The molecular formula is C17H17NO2. The fourth-order valence-corrected chi connectivity index (χ4v) is 2.77. The number of carboxylic acid groups (broad SMARTS) is 1. The van der Waals surface area contributed by atoms with Gasteiger partial charge in [-0.2, -0.15) is 0 Å². The molecule has 3 nitrogen and oxygen atoms in total. The van der Waals surface area contributed by atoms with E-state index < -0.39 is 5.97 Å². The quantitative estimate of drug-likeness (QED) is 0.929. The van der Waals surface area contributed by atoms with Gasteiger partial charge in [-0.15, -0.1) is 0 Å². The molecule has 0 fully saturated rings. The van der Waals surface area contributed by atoms with Crippen LogP contribution >= 0.6 is 0 Å². The first kappa shape index (κ1) is 12.9. The Morgan fingerprint density at radius 1 is 1.15 bits per heavy atom. The van der Waals surface area contributed by atoms with Gasteiger partial charge in [0.25, 0.3) is 0 Å². The summed E-state index contributed by atoms with van der Waals surface area (Å²) in [5.41, 5.74) is 1.77. The SMILES string of the molecule is O=C(O)C1=CCCN(Cc2cccc3ccccc23)C1. The average molecular weight is 267 g/mol. The van der Waals surface area contributed by atoms with E-state index in [4.69, 9.17) is 5.11 Å². The second-order valence-electron chi connectivity index (χ2n) is 5.17. The molecule has 0 radical (unpaired) electrons. The van der Waals surface area contributed by atoms with Crippen molar-refractivity contribution in [2.45, 2.75) is 13.0 Å². The molecule has 1 N–H and O–H groups in total. The van der Waals surface area contributed by atoms with E-state index >= 15 is 0 Å². The maximum Gasteiger partial charge on any atom is 0.332 e. The van der Waals surface area contributed by atoms with Crippen molar-refractivity contribution in [1.82, 2.24) is 4.90 Å². The molecule has 20 heavy (non-hydrogen) atoms. The lowest BCUT2D eigenvalue weighted by Gasteiger charge is -2.26. The van der Waals surface area contributed by atoms with Crippen LogP contribution in [-0.4, -0.2) is 29.1 Å². The Hall–Kier alpha value is -2.13. The molecule has 2 aromatic carbocycles. The first-order chi connectivity index (χ1) is 9.74. The fourth-order valence-electron chi connectivity index (χ4n) is 2.77. The van der Waals surface area contributed by atoms with E-state index in [1.807, 2.05) is 18.2 Å². The Morgan fingerprint density at radius 2 is 1.95 bits per heavy atom. The number of hydrogen-bond donors (Lipinski definition) is 1. The zero-order chi connectivity index (χ0) is 13.9. The molecule has 1 heterocycles. The largest absolute Gasteiger partial charge is 0.478 e. The maximum absolute atomic E-state index is 11.1. The van der Waals surface area contributed by atoms with Crippen molar-refractivity contribution in [3.8, 4) is 0 Å². The van der Waals surface area contributed by atoms with Crippen LogP contribution in [-0.2, 0) is 11.3 Å². The molecule has 0 atom stereocenters. The molecule has 3 heteroatoms. The van der Waals surface area contributed by atoms with Crippen molar-refractivity contribution < 1.29 is 9.90 Å². The minimum atomic E-state index is -0.799. The van der Waals surface area contributed by atoms with Gasteiger partial charge < -0.3 is 5.11 Å². The van der Waals surface area contributed by atoms with Crippen LogP contribution in [0.15, 0.2) is 54.1 Å². The van der Waals surface area contributed by atoms with Gasteiger partial charge in [-0.3, -0.25) is 4.90 Å². The van der Waals surface area contributed by atoms with Crippen molar-refractivity contribution in [1.29, 1.82) is 0 Å². The molecule has 0 amide bonds. The minimum absolute atomic E-state index is 0.511. The number of carbonyl (C=O) groups is 1. The lowest BCUT2D eigenvalue weighted by Crippen LogP contribution is -2.31. The van der Waals surface area contributed by atoms with Gasteiger partial charge in [0.15, 0.2) is 0 Å². The van der Waals surface area contributed by atoms with E-state index in [2.05, 4.69) is 35.2 Å². The lowest BCUT2D eigenvalue weighted by atomic mass is 10.0. The Balaban J connectivity index is 1.84. The summed E-state index contributed by atoms with van der Waals surface area (Å²) in [7, 11) is 0. The van der Waals surface area contributed by atoms with Crippen molar-refractivity contribution in [2.24, 2.45) is 0 Å². The molecule has 0 unspecified atom stereocenters. The third-order valence-electron chi connectivity index (χ3n) is 3.78. The third kappa shape index (κ3) is 2.58. The molecule has 0 saturated carbocycles. The van der Waals surface area contributed by atoms with Gasteiger partial charge in [-0.05, 0) is 22.8 Å². The summed E-state index contributed by atoms with van der Waals surface area (Å²) in [6, 6.07) is 14.6. The van der Waals surface area contributed by atoms with E-state index in [9.17, 15) is 4.79 Å². The predicted octanol–water partition coefficient (Wildman–Crippen LogP) is 3.06. The van der Waals surface area contributed by atoms with Crippen molar-refractivity contribution in [3.63, 3.8) is 0 Å². The maximum atomic E-state index is 11.1. The van der Waals surface area contributed by atoms with Gasteiger partial charge in [-0.1, -0.05) is 48.5 Å². The smallest absolute Gasteiger partial charge is 0.332 e. The van der Waals surface area contributed by atoms with Gasteiger partial charge >= 0.3 is 5.97 Å². The first-order valence-corrected chi connectivity index (χ1v) is 6.85. The molecule has 0 bridgehead atoms. The summed E-state index contributed by atoms with van der Waals surface area (Å²) >= 11 is 0. The second kappa shape index (κ2) is 5.47. The Morgan fingerprint density at radius 3 is 2.80 bits per heavy atom. The highest BCUT2D eigenvalue weighted by Crippen LogP contribution is 2.21. The van der Waals surface area contributed by atoms with E-state index in [0.717, 1.165) is 19.5 Å². The molecule has 0 spiro atoms. The zero-order valence-corrected chi connectivity index (χ0v) is 11.2. The summed E-state index contributed by atoms with van der Waals surface area (Å²) in [6.45, 7) is 2.24. The molecule has 0 aromatic heterocycles. The third-order valence-corrected chi connectivity index (χ3v) is 3.78. The number of rotatable bonds is 3. The monoisotopic (exact) mass is 267 g/mol. The summed E-state index contributed by atoms with van der Waals surface area (Å²) in [5.74, 6) is -0.799. The van der Waals surface area contributed by atoms with Crippen LogP contribution in [0.1, 0.15) is 12.0 Å². The van der Waals surface area contributed by atoms with E-state index in [1.54, 1.807) is 0 Å². The number of carboxylic acids is 1. The van der Waals surface area contributed by atoms with Crippen LogP contribution in [0.25, 0.3) is 10.8 Å². The van der Waals surface area contributed by atoms with Crippen LogP contribution in [0.3, 0.4) is 0 Å². The van der Waals surface area contributed by atoms with E-state index in [-0.39, 0.29) is 0 Å². The van der Waals surface area contributed by atoms with E-state index in [0.29, 0.717) is 12.1 Å². The van der Waals surface area contributed by atoms with Gasteiger partial charge in [0.2, 0.25) is 0 Å². The molecule has 3 rings (SSSR count).